The highest BCUT2D eigenvalue weighted by atomic mass is 19.1. The summed E-state index contributed by atoms with van der Waals surface area (Å²) in [5, 5.41) is 3.36. The molecule has 1 aliphatic rings. The predicted molar refractivity (Wildman–Crippen MR) is 76.7 cm³/mol. The highest BCUT2D eigenvalue weighted by molar-refractivity contribution is 5.43. The molecule has 1 N–H and O–H groups in total. The van der Waals surface area contributed by atoms with Crippen molar-refractivity contribution in [2.45, 2.75) is 32.2 Å². The second-order valence-electron chi connectivity index (χ2n) is 5.16. The number of anilines is 1. The molecule has 1 aromatic carbocycles. The standard InChI is InChI=1S/C16H17FN2O/c1-11-5-6-13(9-15(11)17)20-14-7-8-18-16(10-14)19-12-3-2-4-12/h5-10,12H,2-4H2,1H3,(H,18,19). The van der Waals surface area contributed by atoms with Crippen molar-refractivity contribution in [1.82, 2.24) is 4.98 Å². The topological polar surface area (TPSA) is 34.1 Å². The van der Waals surface area contributed by atoms with E-state index >= 15 is 0 Å². The van der Waals surface area contributed by atoms with Gasteiger partial charge in [-0.3, -0.25) is 0 Å². The van der Waals surface area contributed by atoms with Crippen molar-refractivity contribution in [3.63, 3.8) is 0 Å². The van der Waals surface area contributed by atoms with Crippen LogP contribution in [0.25, 0.3) is 0 Å². The average Bonchev–Trinajstić information content (AvgIpc) is 2.39. The highest BCUT2D eigenvalue weighted by Gasteiger charge is 2.17. The molecular formula is C16H17FN2O. The maximum atomic E-state index is 13.5. The van der Waals surface area contributed by atoms with Crippen LogP contribution < -0.4 is 10.1 Å². The number of rotatable bonds is 4. The molecule has 4 heteroatoms. The van der Waals surface area contributed by atoms with Crippen LogP contribution in [0.3, 0.4) is 0 Å². The molecular weight excluding hydrogens is 255 g/mol. The SMILES string of the molecule is Cc1ccc(Oc2ccnc(NC3CCC3)c2)cc1F. The highest BCUT2D eigenvalue weighted by Crippen LogP contribution is 2.27. The molecule has 3 rings (SSSR count). The van der Waals surface area contributed by atoms with Crippen molar-refractivity contribution in [1.29, 1.82) is 0 Å². The molecule has 104 valence electrons. The Morgan fingerprint density at radius 3 is 2.70 bits per heavy atom. The fourth-order valence-electron chi connectivity index (χ4n) is 2.09. The molecule has 20 heavy (non-hydrogen) atoms. The van der Waals surface area contributed by atoms with Crippen LogP contribution in [0, 0.1) is 12.7 Å². The molecule has 1 aliphatic carbocycles. The first-order valence-electron chi connectivity index (χ1n) is 6.87. The Bertz CT molecular complexity index is 611. The van der Waals surface area contributed by atoms with E-state index in [0.717, 1.165) is 5.82 Å². The molecule has 1 fully saturated rings. The van der Waals surface area contributed by atoms with Crippen molar-refractivity contribution >= 4 is 5.82 Å². The van der Waals surface area contributed by atoms with Gasteiger partial charge in [-0.05, 0) is 43.9 Å². The first-order valence-corrected chi connectivity index (χ1v) is 6.87. The van der Waals surface area contributed by atoms with Gasteiger partial charge in [0.2, 0.25) is 0 Å². The van der Waals surface area contributed by atoms with Crippen LogP contribution in [-0.2, 0) is 0 Å². The maximum absolute atomic E-state index is 13.5. The zero-order chi connectivity index (χ0) is 13.9. The molecule has 1 saturated carbocycles. The van der Waals surface area contributed by atoms with Gasteiger partial charge in [0.15, 0.2) is 0 Å². The number of hydrogen-bond acceptors (Lipinski definition) is 3. The lowest BCUT2D eigenvalue weighted by Gasteiger charge is -2.26. The normalized spacial score (nSPS) is 14.7. The Morgan fingerprint density at radius 1 is 1.20 bits per heavy atom. The summed E-state index contributed by atoms with van der Waals surface area (Å²) < 4.78 is 19.2. The van der Waals surface area contributed by atoms with Crippen LogP contribution in [0.5, 0.6) is 11.5 Å². The second kappa shape index (κ2) is 5.49. The van der Waals surface area contributed by atoms with Gasteiger partial charge in [0, 0.05) is 24.4 Å². The second-order valence-corrected chi connectivity index (χ2v) is 5.16. The van der Waals surface area contributed by atoms with Crippen LogP contribution in [0.2, 0.25) is 0 Å². The lowest BCUT2D eigenvalue weighted by atomic mass is 9.93. The number of aryl methyl sites for hydroxylation is 1. The van der Waals surface area contributed by atoms with Crippen molar-refractivity contribution < 1.29 is 9.13 Å². The minimum atomic E-state index is -0.260. The molecule has 0 aliphatic heterocycles. The average molecular weight is 272 g/mol. The molecule has 1 heterocycles. The minimum absolute atomic E-state index is 0.260. The van der Waals surface area contributed by atoms with Gasteiger partial charge in [-0.15, -0.1) is 0 Å². The Balaban J connectivity index is 1.72. The lowest BCUT2D eigenvalue weighted by Crippen LogP contribution is -2.27. The quantitative estimate of drug-likeness (QED) is 0.901. The number of halogens is 1. The van der Waals surface area contributed by atoms with Crippen molar-refractivity contribution in [2.24, 2.45) is 0 Å². The van der Waals surface area contributed by atoms with E-state index in [1.54, 1.807) is 31.3 Å². The van der Waals surface area contributed by atoms with Gasteiger partial charge in [-0.25, -0.2) is 9.37 Å². The smallest absolute Gasteiger partial charge is 0.132 e. The summed E-state index contributed by atoms with van der Waals surface area (Å²) in [4.78, 5) is 4.27. The number of benzene rings is 1. The van der Waals surface area contributed by atoms with Gasteiger partial charge in [0.25, 0.3) is 0 Å². The number of ether oxygens (including phenoxy) is 1. The molecule has 0 atom stereocenters. The van der Waals surface area contributed by atoms with Crippen molar-refractivity contribution in [3.05, 3.63) is 47.9 Å². The summed E-state index contributed by atoms with van der Waals surface area (Å²) in [6.07, 6.45) is 5.35. The van der Waals surface area contributed by atoms with Crippen molar-refractivity contribution in [3.8, 4) is 11.5 Å². The van der Waals surface area contributed by atoms with Gasteiger partial charge in [0.05, 0.1) is 0 Å². The molecule has 0 bridgehead atoms. The summed E-state index contributed by atoms with van der Waals surface area (Å²) in [5.41, 5.74) is 0.611. The van der Waals surface area contributed by atoms with Crippen LogP contribution in [0.4, 0.5) is 10.2 Å². The fourth-order valence-corrected chi connectivity index (χ4v) is 2.09. The van der Waals surface area contributed by atoms with Gasteiger partial charge < -0.3 is 10.1 Å². The maximum Gasteiger partial charge on any atom is 0.132 e. The Kier molecular flexibility index (Phi) is 3.54. The molecule has 2 aromatic rings. The third kappa shape index (κ3) is 2.90. The summed E-state index contributed by atoms with van der Waals surface area (Å²) >= 11 is 0. The monoisotopic (exact) mass is 272 g/mol. The Hall–Kier alpha value is -2.10. The largest absolute Gasteiger partial charge is 0.457 e. The molecule has 0 unspecified atom stereocenters. The molecule has 0 spiro atoms. The molecule has 0 radical (unpaired) electrons. The van der Waals surface area contributed by atoms with E-state index in [2.05, 4.69) is 10.3 Å². The Morgan fingerprint density at radius 2 is 2.00 bits per heavy atom. The summed E-state index contributed by atoms with van der Waals surface area (Å²) in [6, 6.07) is 9.00. The number of nitrogens with zero attached hydrogens (tertiary/aromatic N) is 1. The van der Waals surface area contributed by atoms with E-state index in [4.69, 9.17) is 4.74 Å². The third-order valence-corrected chi connectivity index (χ3v) is 3.57. The molecule has 0 amide bonds. The summed E-state index contributed by atoms with van der Waals surface area (Å²) in [5.74, 6) is 1.70. The van der Waals surface area contributed by atoms with Crippen LogP contribution in [0.1, 0.15) is 24.8 Å². The lowest BCUT2D eigenvalue weighted by molar-refractivity contribution is 0.443. The van der Waals surface area contributed by atoms with Crippen LogP contribution in [-0.4, -0.2) is 11.0 Å². The van der Waals surface area contributed by atoms with Gasteiger partial charge in [0.1, 0.15) is 23.1 Å². The van der Waals surface area contributed by atoms with E-state index in [1.807, 2.05) is 6.07 Å². The number of nitrogens with one attached hydrogen (secondary N) is 1. The van der Waals surface area contributed by atoms with Crippen molar-refractivity contribution in [2.75, 3.05) is 5.32 Å². The summed E-state index contributed by atoms with van der Waals surface area (Å²) in [6.45, 7) is 1.73. The van der Waals surface area contributed by atoms with E-state index < -0.39 is 0 Å². The van der Waals surface area contributed by atoms with E-state index in [9.17, 15) is 4.39 Å². The molecule has 0 saturated heterocycles. The number of hydrogen-bond donors (Lipinski definition) is 1. The minimum Gasteiger partial charge on any atom is -0.457 e. The number of aromatic nitrogens is 1. The van der Waals surface area contributed by atoms with E-state index in [1.165, 1.54) is 25.3 Å². The Labute approximate surface area is 117 Å². The zero-order valence-corrected chi connectivity index (χ0v) is 11.4. The number of pyridine rings is 1. The first kappa shape index (κ1) is 12.9. The first-order chi connectivity index (χ1) is 9.70. The predicted octanol–water partition coefficient (Wildman–Crippen LogP) is 4.29. The fraction of sp³-hybridized carbons (Fsp3) is 0.312. The van der Waals surface area contributed by atoms with Gasteiger partial charge >= 0.3 is 0 Å². The van der Waals surface area contributed by atoms with Crippen LogP contribution in [0.15, 0.2) is 36.5 Å². The van der Waals surface area contributed by atoms with Crippen LogP contribution >= 0.6 is 0 Å². The van der Waals surface area contributed by atoms with E-state index in [0.29, 0.717) is 23.1 Å². The third-order valence-electron chi connectivity index (χ3n) is 3.57. The van der Waals surface area contributed by atoms with E-state index in [-0.39, 0.29) is 5.82 Å². The zero-order valence-electron chi connectivity index (χ0n) is 11.4. The molecule has 1 aromatic heterocycles. The van der Waals surface area contributed by atoms with Gasteiger partial charge in [-0.1, -0.05) is 6.07 Å². The van der Waals surface area contributed by atoms with Gasteiger partial charge in [-0.2, -0.15) is 0 Å². The summed E-state index contributed by atoms with van der Waals surface area (Å²) in [7, 11) is 0. The molecule has 3 nitrogen and oxygen atoms in total.